The zero-order valence-electron chi connectivity index (χ0n) is 26.0. The lowest BCUT2D eigenvalue weighted by molar-refractivity contribution is 0.103. The fraction of sp³-hybridized carbons (Fsp3) is 0. The lowest BCUT2D eigenvalue weighted by atomic mass is 10.0. The SMILES string of the molecule is O=C(c1ccccc1)c1ccc(-c2nc(-c3ccc(C(=O)c4ccccc4)cc3)nc(-c3ccc(-c4nc5ccccc5o4)cc3)n2)cc1. The van der Waals surface area contributed by atoms with Gasteiger partial charge in [-0.05, 0) is 24.3 Å². The fourth-order valence-corrected chi connectivity index (χ4v) is 5.57. The van der Waals surface area contributed by atoms with Crippen LogP contribution < -0.4 is 0 Å². The summed E-state index contributed by atoms with van der Waals surface area (Å²) in [6.07, 6.45) is 0. The Morgan fingerprint density at radius 1 is 0.367 bits per heavy atom. The number of ketones is 2. The highest BCUT2D eigenvalue weighted by Gasteiger charge is 2.16. The average molecular weight is 635 g/mol. The zero-order valence-corrected chi connectivity index (χ0v) is 26.0. The molecule has 0 aliphatic rings. The van der Waals surface area contributed by atoms with Crippen molar-refractivity contribution < 1.29 is 14.0 Å². The Bertz CT molecular complexity index is 2290. The third kappa shape index (κ3) is 6.04. The molecule has 0 radical (unpaired) electrons. The maximum Gasteiger partial charge on any atom is 0.227 e. The highest BCUT2D eigenvalue weighted by Crippen LogP contribution is 2.29. The van der Waals surface area contributed by atoms with Crippen molar-refractivity contribution in [3.05, 3.63) is 180 Å². The van der Waals surface area contributed by atoms with Gasteiger partial charge in [0.05, 0.1) is 0 Å². The number of benzene rings is 6. The van der Waals surface area contributed by atoms with Gasteiger partial charge in [0.25, 0.3) is 0 Å². The number of carbonyl (C=O) groups is 2. The standard InChI is InChI=1S/C42H26N4O3/c47-37(27-9-3-1-4-10-27)29-15-19-31(20-16-29)39-44-40(32-21-17-30(18-22-32)38(48)28-11-5-2-6-12-28)46-41(45-39)33-23-25-34(26-24-33)42-43-35-13-7-8-14-36(35)49-42/h1-26H. The minimum absolute atomic E-state index is 0.0617. The minimum Gasteiger partial charge on any atom is -0.436 e. The van der Waals surface area contributed by atoms with Gasteiger partial charge < -0.3 is 4.42 Å². The third-order valence-electron chi connectivity index (χ3n) is 8.20. The quantitative estimate of drug-likeness (QED) is 0.154. The van der Waals surface area contributed by atoms with E-state index in [1.807, 2.05) is 109 Å². The van der Waals surface area contributed by atoms with Gasteiger partial charge in [-0.2, -0.15) is 0 Å². The molecule has 0 N–H and O–H groups in total. The van der Waals surface area contributed by atoms with Crippen molar-refractivity contribution in [1.29, 1.82) is 0 Å². The summed E-state index contributed by atoms with van der Waals surface area (Å²) in [6, 6.07) is 48.2. The van der Waals surface area contributed by atoms with Gasteiger partial charge in [-0.1, -0.05) is 133 Å². The summed E-state index contributed by atoms with van der Waals surface area (Å²) in [4.78, 5) is 45.2. The molecule has 2 aromatic heterocycles. The van der Waals surface area contributed by atoms with E-state index in [2.05, 4.69) is 4.98 Å². The number of fused-ring (bicyclic) bond motifs is 1. The number of hydrogen-bond donors (Lipinski definition) is 0. The van der Waals surface area contributed by atoms with Crippen LogP contribution in [0.15, 0.2) is 162 Å². The van der Waals surface area contributed by atoms with Gasteiger partial charge in [-0.25, -0.2) is 19.9 Å². The van der Waals surface area contributed by atoms with Crippen LogP contribution >= 0.6 is 0 Å². The predicted octanol–water partition coefficient (Wildman–Crippen LogP) is 9.14. The molecule has 0 fully saturated rings. The Labute approximate surface area is 281 Å². The number of aromatic nitrogens is 4. The third-order valence-corrected chi connectivity index (χ3v) is 8.20. The van der Waals surface area contributed by atoms with E-state index >= 15 is 0 Å². The van der Waals surface area contributed by atoms with E-state index in [1.54, 1.807) is 48.5 Å². The summed E-state index contributed by atoms with van der Waals surface area (Å²) in [6.45, 7) is 0. The van der Waals surface area contributed by atoms with Crippen LogP contribution in [0.25, 0.3) is 56.7 Å². The Hall–Kier alpha value is -6.86. The van der Waals surface area contributed by atoms with Gasteiger partial charge in [0.1, 0.15) is 5.52 Å². The summed E-state index contributed by atoms with van der Waals surface area (Å²) >= 11 is 0. The topological polar surface area (TPSA) is 98.8 Å². The molecule has 0 bridgehead atoms. The first-order valence-corrected chi connectivity index (χ1v) is 15.7. The number of para-hydroxylation sites is 2. The molecule has 0 spiro atoms. The molecule has 7 heteroatoms. The van der Waals surface area contributed by atoms with Crippen LogP contribution in [-0.4, -0.2) is 31.5 Å². The number of nitrogens with zero attached hydrogens (tertiary/aromatic N) is 4. The molecule has 8 aromatic rings. The van der Waals surface area contributed by atoms with Crippen LogP contribution in [0.2, 0.25) is 0 Å². The molecule has 0 aliphatic heterocycles. The van der Waals surface area contributed by atoms with E-state index in [-0.39, 0.29) is 11.6 Å². The summed E-state index contributed by atoms with van der Waals surface area (Å²) in [5.74, 6) is 1.78. The first-order chi connectivity index (χ1) is 24.1. The molecule has 232 valence electrons. The van der Waals surface area contributed by atoms with Gasteiger partial charge in [-0.3, -0.25) is 9.59 Å². The van der Waals surface area contributed by atoms with E-state index in [4.69, 9.17) is 19.4 Å². The summed E-state index contributed by atoms with van der Waals surface area (Å²) < 4.78 is 5.96. The van der Waals surface area contributed by atoms with Crippen LogP contribution in [0.3, 0.4) is 0 Å². The van der Waals surface area contributed by atoms with E-state index in [0.29, 0.717) is 45.6 Å². The zero-order chi connectivity index (χ0) is 33.2. The molecular weight excluding hydrogens is 608 g/mol. The van der Waals surface area contributed by atoms with Crippen LogP contribution in [0.4, 0.5) is 0 Å². The molecule has 0 unspecified atom stereocenters. The first-order valence-electron chi connectivity index (χ1n) is 15.7. The summed E-state index contributed by atoms with van der Waals surface area (Å²) in [5, 5.41) is 0. The second kappa shape index (κ2) is 12.7. The van der Waals surface area contributed by atoms with Crippen molar-refractivity contribution in [1.82, 2.24) is 19.9 Å². The number of carbonyl (C=O) groups excluding carboxylic acids is 2. The van der Waals surface area contributed by atoms with E-state index in [9.17, 15) is 9.59 Å². The van der Waals surface area contributed by atoms with Gasteiger partial charge >= 0.3 is 0 Å². The molecular formula is C42H26N4O3. The highest BCUT2D eigenvalue weighted by atomic mass is 16.3. The molecule has 8 rings (SSSR count). The predicted molar refractivity (Wildman–Crippen MR) is 189 cm³/mol. The smallest absolute Gasteiger partial charge is 0.227 e. The molecule has 2 heterocycles. The average Bonchev–Trinajstić information content (AvgIpc) is 3.63. The molecule has 0 atom stereocenters. The molecule has 0 saturated heterocycles. The largest absolute Gasteiger partial charge is 0.436 e. The van der Waals surface area contributed by atoms with Crippen LogP contribution in [0.1, 0.15) is 31.8 Å². The molecule has 6 aromatic carbocycles. The molecule has 7 nitrogen and oxygen atoms in total. The Kier molecular flexibility index (Phi) is 7.68. The minimum atomic E-state index is -0.0617. The van der Waals surface area contributed by atoms with Crippen molar-refractivity contribution in [3.8, 4) is 45.6 Å². The van der Waals surface area contributed by atoms with Gasteiger partial charge in [0.15, 0.2) is 34.6 Å². The summed E-state index contributed by atoms with van der Waals surface area (Å²) in [5.41, 5.74) is 6.95. The highest BCUT2D eigenvalue weighted by molar-refractivity contribution is 6.09. The van der Waals surface area contributed by atoms with Gasteiger partial charge in [-0.15, -0.1) is 0 Å². The maximum absolute atomic E-state index is 13.0. The van der Waals surface area contributed by atoms with Crippen LogP contribution in [-0.2, 0) is 0 Å². The Morgan fingerprint density at radius 3 is 1.18 bits per heavy atom. The van der Waals surface area contributed by atoms with E-state index in [0.717, 1.165) is 33.4 Å². The number of oxazole rings is 1. The monoisotopic (exact) mass is 634 g/mol. The fourth-order valence-electron chi connectivity index (χ4n) is 5.57. The van der Waals surface area contributed by atoms with E-state index in [1.165, 1.54) is 0 Å². The number of hydrogen-bond acceptors (Lipinski definition) is 7. The van der Waals surface area contributed by atoms with Crippen molar-refractivity contribution in [3.63, 3.8) is 0 Å². The molecule has 0 aliphatic carbocycles. The first kappa shape index (κ1) is 29.5. The lowest BCUT2D eigenvalue weighted by Gasteiger charge is -2.10. The van der Waals surface area contributed by atoms with E-state index < -0.39 is 0 Å². The van der Waals surface area contributed by atoms with Gasteiger partial charge in [0.2, 0.25) is 5.89 Å². The number of rotatable bonds is 8. The van der Waals surface area contributed by atoms with Crippen molar-refractivity contribution in [2.24, 2.45) is 0 Å². The normalized spacial score (nSPS) is 11.0. The van der Waals surface area contributed by atoms with Crippen LogP contribution in [0, 0.1) is 0 Å². The van der Waals surface area contributed by atoms with Gasteiger partial charge in [0, 0.05) is 44.5 Å². The molecule has 0 saturated carbocycles. The van der Waals surface area contributed by atoms with Crippen LogP contribution in [0.5, 0.6) is 0 Å². The Morgan fingerprint density at radius 2 is 0.735 bits per heavy atom. The Balaban J connectivity index is 1.16. The van der Waals surface area contributed by atoms with Crippen molar-refractivity contribution in [2.45, 2.75) is 0 Å². The lowest BCUT2D eigenvalue weighted by Crippen LogP contribution is -2.03. The second-order valence-corrected chi connectivity index (χ2v) is 11.4. The maximum atomic E-state index is 13.0. The van der Waals surface area contributed by atoms with Crippen molar-refractivity contribution in [2.75, 3.05) is 0 Å². The second-order valence-electron chi connectivity index (χ2n) is 11.4. The molecule has 49 heavy (non-hydrogen) atoms. The summed E-state index contributed by atoms with van der Waals surface area (Å²) in [7, 11) is 0. The van der Waals surface area contributed by atoms with Crippen molar-refractivity contribution >= 4 is 22.7 Å². The molecule has 0 amide bonds.